The van der Waals surface area contributed by atoms with Gasteiger partial charge in [0.25, 0.3) is 0 Å². The van der Waals surface area contributed by atoms with Crippen LogP contribution in [0.1, 0.15) is 35.8 Å². The van der Waals surface area contributed by atoms with Crippen molar-refractivity contribution >= 4 is 0 Å². The zero-order valence-electron chi connectivity index (χ0n) is 20.5. The summed E-state index contributed by atoms with van der Waals surface area (Å²) in [5, 5.41) is 13.0. The Morgan fingerprint density at radius 2 is 1.86 bits per heavy atom. The molecular weight excluding hydrogens is 444 g/mol. The van der Waals surface area contributed by atoms with E-state index in [1.54, 1.807) is 14.2 Å². The minimum Gasteiger partial charge on any atom is -0.497 e. The average molecular weight is 479 g/mol. The number of rotatable bonds is 9. The Labute approximate surface area is 206 Å². The van der Waals surface area contributed by atoms with Crippen LogP contribution < -0.4 is 9.47 Å². The molecule has 3 heterocycles. The third kappa shape index (κ3) is 5.47. The third-order valence-corrected chi connectivity index (χ3v) is 6.96. The van der Waals surface area contributed by atoms with Crippen LogP contribution in [-0.2, 0) is 17.8 Å². The van der Waals surface area contributed by atoms with Gasteiger partial charge in [0.1, 0.15) is 17.5 Å². The molecule has 9 nitrogen and oxygen atoms in total. The molecule has 0 unspecified atom stereocenters. The lowest BCUT2D eigenvalue weighted by atomic mass is 10.0. The van der Waals surface area contributed by atoms with Crippen molar-refractivity contribution in [3.8, 4) is 11.5 Å². The molecule has 0 saturated carbocycles. The fourth-order valence-electron chi connectivity index (χ4n) is 5.09. The van der Waals surface area contributed by atoms with Crippen molar-refractivity contribution < 1.29 is 14.2 Å². The highest BCUT2D eigenvalue weighted by Crippen LogP contribution is 2.37. The fourth-order valence-corrected chi connectivity index (χ4v) is 5.09. The molecule has 2 aliphatic heterocycles. The first-order chi connectivity index (χ1) is 17.2. The summed E-state index contributed by atoms with van der Waals surface area (Å²) >= 11 is 0. The topological polar surface area (TPSA) is 77.8 Å². The van der Waals surface area contributed by atoms with Crippen LogP contribution in [-0.4, -0.2) is 83.1 Å². The van der Waals surface area contributed by atoms with Crippen LogP contribution in [0.25, 0.3) is 0 Å². The lowest BCUT2D eigenvalue weighted by Gasteiger charge is -2.39. The number of hydrogen-bond acceptors (Lipinski definition) is 8. The van der Waals surface area contributed by atoms with E-state index in [-0.39, 0.29) is 12.1 Å². The number of nitrogens with zero attached hydrogens (tertiary/aromatic N) is 6. The standard InChI is InChI=1S/C26H34N6O3/c1-33-21-10-11-24(34-2)23(17-21)25(26-27-28-29-32(26)19-22-9-6-16-35-22)31-14-12-30(13-15-31)18-20-7-4-3-5-8-20/h3-5,7-8,10-11,17,22,25H,6,9,12-16,18-19H2,1-2H3/t22-,25-/m0/s1. The predicted molar refractivity (Wildman–Crippen MR) is 131 cm³/mol. The highest BCUT2D eigenvalue weighted by molar-refractivity contribution is 5.44. The SMILES string of the molecule is COc1ccc(OC)c([C@@H](c2nnnn2C[C@@H]2CCCO2)N2CCN(Cc3ccccc3)CC2)c1. The molecular formula is C26H34N6O3. The summed E-state index contributed by atoms with van der Waals surface area (Å²) in [7, 11) is 3.39. The summed E-state index contributed by atoms with van der Waals surface area (Å²) in [4.78, 5) is 4.96. The number of benzene rings is 2. The molecule has 2 fully saturated rings. The van der Waals surface area contributed by atoms with Gasteiger partial charge in [0, 0.05) is 44.9 Å². The van der Waals surface area contributed by atoms with E-state index in [1.165, 1.54) is 5.56 Å². The van der Waals surface area contributed by atoms with Gasteiger partial charge in [0.05, 0.1) is 26.9 Å². The summed E-state index contributed by atoms with van der Waals surface area (Å²) in [5.74, 6) is 2.39. The summed E-state index contributed by atoms with van der Waals surface area (Å²) in [6.07, 6.45) is 2.26. The Morgan fingerprint density at radius 3 is 2.57 bits per heavy atom. The van der Waals surface area contributed by atoms with Crippen LogP contribution in [0.2, 0.25) is 0 Å². The summed E-state index contributed by atoms with van der Waals surface area (Å²) in [6.45, 7) is 6.13. The lowest BCUT2D eigenvalue weighted by molar-refractivity contribution is 0.0837. The van der Waals surface area contributed by atoms with Crippen molar-refractivity contribution in [1.29, 1.82) is 0 Å². The molecule has 2 aromatic carbocycles. The second kappa shape index (κ2) is 11.2. The molecule has 2 saturated heterocycles. The van der Waals surface area contributed by atoms with E-state index in [9.17, 15) is 0 Å². The number of tetrazole rings is 1. The average Bonchev–Trinajstić information content (AvgIpc) is 3.59. The van der Waals surface area contributed by atoms with Gasteiger partial charge < -0.3 is 14.2 Å². The van der Waals surface area contributed by atoms with E-state index in [0.717, 1.165) is 75.1 Å². The number of ether oxygens (including phenoxy) is 3. The smallest absolute Gasteiger partial charge is 0.173 e. The van der Waals surface area contributed by atoms with Gasteiger partial charge in [-0.25, -0.2) is 4.68 Å². The number of hydrogen-bond donors (Lipinski definition) is 0. The van der Waals surface area contributed by atoms with Crippen molar-refractivity contribution in [2.24, 2.45) is 0 Å². The lowest BCUT2D eigenvalue weighted by Crippen LogP contribution is -2.48. The highest BCUT2D eigenvalue weighted by atomic mass is 16.5. The minimum absolute atomic E-state index is 0.146. The Bertz CT molecular complexity index is 1080. The number of piperazine rings is 1. The third-order valence-electron chi connectivity index (χ3n) is 6.96. The van der Waals surface area contributed by atoms with Crippen LogP contribution in [0.4, 0.5) is 0 Å². The van der Waals surface area contributed by atoms with Crippen molar-refractivity contribution in [3.05, 3.63) is 65.5 Å². The van der Waals surface area contributed by atoms with Gasteiger partial charge in [-0.05, 0) is 47.0 Å². The molecule has 0 radical (unpaired) electrons. The number of methoxy groups -OCH3 is 2. The van der Waals surface area contributed by atoms with Gasteiger partial charge >= 0.3 is 0 Å². The fraction of sp³-hybridized carbons (Fsp3) is 0.500. The van der Waals surface area contributed by atoms with Crippen LogP contribution >= 0.6 is 0 Å². The van der Waals surface area contributed by atoms with Gasteiger partial charge in [-0.15, -0.1) is 5.10 Å². The second-order valence-electron chi connectivity index (χ2n) is 9.16. The van der Waals surface area contributed by atoms with Crippen LogP contribution in [0.5, 0.6) is 11.5 Å². The maximum atomic E-state index is 5.88. The maximum Gasteiger partial charge on any atom is 0.173 e. The van der Waals surface area contributed by atoms with Crippen LogP contribution in [0.3, 0.4) is 0 Å². The van der Waals surface area contributed by atoms with Gasteiger partial charge in [0.2, 0.25) is 0 Å². The Hall–Kier alpha value is -3.01. The van der Waals surface area contributed by atoms with Crippen LogP contribution in [0, 0.1) is 0 Å². The van der Waals surface area contributed by atoms with Gasteiger partial charge in [-0.1, -0.05) is 30.3 Å². The predicted octanol–water partition coefficient (Wildman–Crippen LogP) is 2.78. The van der Waals surface area contributed by atoms with Crippen molar-refractivity contribution in [2.45, 2.75) is 38.1 Å². The van der Waals surface area contributed by atoms with Crippen molar-refractivity contribution in [3.63, 3.8) is 0 Å². The zero-order valence-corrected chi connectivity index (χ0v) is 20.5. The van der Waals surface area contributed by atoms with E-state index in [4.69, 9.17) is 14.2 Å². The minimum atomic E-state index is -0.157. The quantitative estimate of drug-likeness (QED) is 0.465. The van der Waals surface area contributed by atoms with Gasteiger partial charge in [-0.2, -0.15) is 0 Å². The number of aromatic nitrogens is 4. The Balaban J connectivity index is 1.42. The Kier molecular flexibility index (Phi) is 7.56. The highest BCUT2D eigenvalue weighted by Gasteiger charge is 2.33. The normalized spacial score (nSPS) is 20.1. The van der Waals surface area contributed by atoms with Gasteiger partial charge in [-0.3, -0.25) is 9.80 Å². The van der Waals surface area contributed by atoms with E-state index >= 15 is 0 Å². The molecule has 9 heteroatoms. The molecule has 35 heavy (non-hydrogen) atoms. The second-order valence-corrected chi connectivity index (χ2v) is 9.16. The summed E-state index contributed by atoms with van der Waals surface area (Å²) in [6, 6.07) is 16.4. The molecule has 0 amide bonds. The first-order valence-corrected chi connectivity index (χ1v) is 12.3. The molecule has 1 aromatic heterocycles. The van der Waals surface area contributed by atoms with Gasteiger partial charge in [0.15, 0.2) is 5.82 Å². The molecule has 0 N–H and O–H groups in total. The van der Waals surface area contributed by atoms with Crippen molar-refractivity contribution in [1.82, 2.24) is 30.0 Å². The van der Waals surface area contributed by atoms with E-state index in [2.05, 4.69) is 55.7 Å². The molecule has 2 atom stereocenters. The molecule has 0 spiro atoms. The van der Waals surface area contributed by atoms with E-state index in [1.807, 2.05) is 22.9 Å². The van der Waals surface area contributed by atoms with Crippen molar-refractivity contribution in [2.75, 3.05) is 47.0 Å². The Morgan fingerprint density at radius 1 is 1.03 bits per heavy atom. The maximum absolute atomic E-state index is 5.88. The van der Waals surface area contributed by atoms with E-state index in [0.29, 0.717) is 6.54 Å². The molecule has 186 valence electrons. The largest absolute Gasteiger partial charge is 0.497 e. The first kappa shape index (κ1) is 23.7. The van der Waals surface area contributed by atoms with E-state index < -0.39 is 0 Å². The monoisotopic (exact) mass is 478 g/mol. The first-order valence-electron chi connectivity index (χ1n) is 12.3. The molecule has 5 rings (SSSR count). The molecule has 0 bridgehead atoms. The summed E-state index contributed by atoms with van der Waals surface area (Å²) in [5.41, 5.74) is 2.35. The molecule has 0 aliphatic carbocycles. The zero-order chi connectivity index (χ0) is 24.0. The molecule has 2 aliphatic rings. The summed E-state index contributed by atoms with van der Waals surface area (Å²) < 4.78 is 19.2. The van der Waals surface area contributed by atoms with Crippen LogP contribution in [0.15, 0.2) is 48.5 Å². The molecule has 3 aromatic rings.